The lowest BCUT2D eigenvalue weighted by Crippen LogP contribution is -1.79. The number of nitrogen functional groups attached to an aromatic ring is 1. The van der Waals surface area contributed by atoms with Gasteiger partial charge in [-0.1, -0.05) is 11.2 Å². The normalized spacial score (nSPS) is 10.9. The van der Waals surface area contributed by atoms with Crippen LogP contribution in [-0.2, 0) is 0 Å². The third-order valence-electron chi connectivity index (χ3n) is 2.14. The van der Waals surface area contributed by atoms with E-state index in [0.29, 0.717) is 11.6 Å². The van der Waals surface area contributed by atoms with Crippen molar-refractivity contribution in [3.8, 4) is 11.5 Å². The summed E-state index contributed by atoms with van der Waals surface area (Å²) < 4.78 is 6.94. The Morgan fingerprint density at radius 3 is 3.00 bits per heavy atom. The Labute approximate surface area is 85.1 Å². The lowest BCUT2D eigenvalue weighted by Gasteiger charge is -1.86. The molecule has 0 aliphatic heterocycles. The van der Waals surface area contributed by atoms with Gasteiger partial charge in [0.05, 0.1) is 0 Å². The van der Waals surface area contributed by atoms with Gasteiger partial charge in [0.1, 0.15) is 11.3 Å². The van der Waals surface area contributed by atoms with Gasteiger partial charge >= 0.3 is 0 Å². The van der Waals surface area contributed by atoms with Gasteiger partial charge in [0.15, 0.2) is 11.6 Å². The molecule has 0 saturated carbocycles. The van der Waals surface area contributed by atoms with Gasteiger partial charge < -0.3 is 14.7 Å². The molecule has 0 aromatic carbocycles. The van der Waals surface area contributed by atoms with Crippen LogP contribution in [0.5, 0.6) is 0 Å². The zero-order valence-electron chi connectivity index (χ0n) is 7.79. The Morgan fingerprint density at radius 1 is 1.33 bits per heavy atom. The van der Waals surface area contributed by atoms with Crippen LogP contribution in [0.3, 0.4) is 0 Å². The monoisotopic (exact) mass is 200 g/mol. The first-order chi connectivity index (χ1) is 7.33. The van der Waals surface area contributed by atoms with Crippen LogP contribution in [0.25, 0.3) is 17.1 Å². The molecule has 3 aromatic rings. The molecule has 3 rings (SSSR count). The number of nitrogens with two attached hydrogens (primary N) is 1. The van der Waals surface area contributed by atoms with Crippen molar-refractivity contribution in [2.45, 2.75) is 0 Å². The number of nitrogens with zero attached hydrogens (tertiary/aromatic N) is 3. The van der Waals surface area contributed by atoms with Gasteiger partial charge in [-0.15, -0.1) is 0 Å². The molecule has 0 radical (unpaired) electrons. The smallest absolute Gasteiger partial charge is 0.189 e. The van der Waals surface area contributed by atoms with E-state index < -0.39 is 0 Å². The second-order valence-corrected chi connectivity index (χ2v) is 3.21. The summed E-state index contributed by atoms with van der Waals surface area (Å²) >= 11 is 0. The van der Waals surface area contributed by atoms with Crippen LogP contribution in [0.2, 0.25) is 0 Å². The van der Waals surface area contributed by atoms with Gasteiger partial charge in [0.2, 0.25) is 0 Å². The van der Waals surface area contributed by atoms with E-state index in [1.807, 2.05) is 35.0 Å². The van der Waals surface area contributed by atoms with E-state index in [-0.39, 0.29) is 0 Å². The van der Waals surface area contributed by atoms with E-state index in [4.69, 9.17) is 10.3 Å². The van der Waals surface area contributed by atoms with Crippen LogP contribution in [-0.4, -0.2) is 14.5 Å². The first kappa shape index (κ1) is 8.05. The first-order valence-corrected chi connectivity index (χ1v) is 4.49. The van der Waals surface area contributed by atoms with Crippen LogP contribution in [0.1, 0.15) is 0 Å². The summed E-state index contributed by atoms with van der Waals surface area (Å²) in [6.07, 6.45) is 3.79. The SMILES string of the molecule is Nc1cc(-c2cn3ccccc3n2)on1. The predicted molar refractivity (Wildman–Crippen MR) is 55.1 cm³/mol. The van der Waals surface area contributed by atoms with Gasteiger partial charge in [-0.3, -0.25) is 0 Å². The van der Waals surface area contributed by atoms with Crippen LogP contribution >= 0.6 is 0 Å². The molecule has 5 nitrogen and oxygen atoms in total. The zero-order valence-corrected chi connectivity index (χ0v) is 7.79. The maximum absolute atomic E-state index is 5.47. The van der Waals surface area contributed by atoms with Crippen molar-refractivity contribution in [2.24, 2.45) is 0 Å². The molecule has 74 valence electrons. The Kier molecular flexibility index (Phi) is 1.53. The minimum atomic E-state index is 0.363. The molecule has 3 heterocycles. The third-order valence-corrected chi connectivity index (χ3v) is 2.14. The average Bonchev–Trinajstić information content (AvgIpc) is 2.82. The number of fused-ring (bicyclic) bond motifs is 1. The number of rotatable bonds is 1. The average molecular weight is 200 g/mol. The minimum absolute atomic E-state index is 0.363. The van der Waals surface area contributed by atoms with E-state index >= 15 is 0 Å². The highest BCUT2D eigenvalue weighted by Crippen LogP contribution is 2.20. The highest BCUT2D eigenvalue weighted by Gasteiger charge is 2.08. The van der Waals surface area contributed by atoms with E-state index in [1.165, 1.54) is 0 Å². The maximum atomic E-state index is 5.47. The fraction of sp³-hybridized carbons (Fsp3) is 0. The Hall–Kier alpha value is -2.30. The molecule has 0 saturated heterocycles. The summed E-state index contributed by atoms with van der Waals surface area (Å²) in [7, 11) is 0. The number of anilines is 1. The first-order valence-electron chi connectivity index (χ1n) is 4.49. The highest BCUT2D eigenvalue weighted by molar-refractivity contribution is 5.59. The van der Waals surface area contributed by atoms with Gasteiger partial charge in [-0.25, -0.2) is 4.98 Å². The van der Waals surface area contributed by atoms with E-state index in [9.17, 15) is 0 Å². The van der Waals surface area contributed by atoms with Crippen molar-refractivity contribution in [3.63, 3.8) is 0 Å². The summed E-state index contributed by atoms with van der Waals surface area (Å²) in [6, 6.07) is 7.44. The predicted octanol–water partition coefficient (Wildman–Crippen LogP) is 1.57. The molecule has 0 fully saturated rings. The fourth-order valence-electron chi connectivity index (χ4n) is 1.46. The minimum Gasteiger partial charge on any atom is -0.381 e. The zero-order chi connectivity index (χ0) is 10.3. The Balaban J connectivity index is 2.19. The third kappa shape index (κ3) is 1.25. The largest absolute Gasteiger partial charge is 0.381 e. The van der Waals surface area contributed by atoms with Crippen LogP contribution in [0.15, 0.2) is 41.2 Å². The molecule has 2 N–H and O–H groups in total. The lowest BCUT2D eigenvalue weighted by molar-refractivity contribution is 0.435. The number of imidazole rings is 1. The molecule has 0 spiro atoms. The van der Waals surface area contributed by atoms with Crippen LogP contribution < -0.4 is 5.73 Å². The molecule has 0 atom stereocenters. The quantitative estimate of drug-likeness (QED) is 0.647. The molecule has 0 unspecified atom stereocenters. The Bertz CT molecular complexity index is 577. The molecule has 5 heteroatoms. The van der Waals surface area contributed by atoms with E-state index in [1.54, 1.807) is 6.07 Å². The summed E-state index contributed by atoms with van der Waals surface area (Å²) in [5.41, 5.74) is 7.06. The van der Waals surface area contributed by atoms with Gasteiger partial charge in [-0.05, 0) is 12.1 Å². The van der Waals surface area contributed by atoms with Crippen molar-refractivity contribution in [3.05, 3.63) is 36.7 Å². The van der Waals surface area contributed by atoms with Gasteiger partial charge in [-0.2, -0.15) is 0 Å². The summed E-state index contributed by atoms with van der Waals surface area (Å²) in [4.78, 5) is 4.37. The van der Waals surface area contributed by atoms with Crippen molar-refractivity contribution in [1.82, 2.24) is 14.5 Å². The molecule has 0 aliphatic carbocycles. The van der Waals surface area contributed by atoms with Gasteiger partial charge in [0.25, 0.3) is 0 Å². The molecular formula is C10H8N4O. The molecule has 0 aliphatic rings. The topological polar surface area (TPSA) is 69.3 Å². The summed E-state index contributed by atoms with van der Waals surface area (Å²) in [6.45, 7) is 0. The highest BCUT2D eigenvalue weighted by atomic mass is 16.5. The standard InChI is InChI=1S/C10H8N4O/c11-9-5-8(15-13-9)7-6-14-4-2-1-3-10(14)12-7/h1-6H,(H2,11,13). The van der Waals surface area contributed by atoms with Crippen molar-refractivity contribution in [2.75, 3.05) is 5.73 Å². The van der Waals surface area contributed by atoms with Crippen LogP contribution in [0.4, 0.5) is 5.82 Å². The number of aromatic nitrogens is 3. The summed E-state index contributed by atoms with van der Waals surface area (Å²) in [5, 5.41) is 3.62. The van der Waals surface area contributed by atoms with Crippen molar-refractivity contribution >= 4 is 11.5 Å². The van der Waals surface area contributed by atoms with Gasteiger partial charge in [0, 0.05) is 18.5 Å². The second-order valence-electron chi connectivity index (χ2n) is 3.21. The number of hydrogen-bond acceptors (Lipinski definition) is 4. The fourth-order valence-corrected chi connectivity index (χ4v) is 1.46. The molecule has 15 heavy (non-hydrogen) atoms. The second kappa shape index (κ2) is 2.84. The van der Waals surface area contributed by atoms with E-state index in [2.05, 4.69) is 10.1 Å². The number of hydrogen-bond donors (Lipinski definition) is 1. The summed E-state index contributed by atoms with van der Waals surface area (Å²) in [5.74, 6) is 0.943. The van der Waals surface area contributed by atoms with E-state index in [0.717, 1.165) is 11.3 Å². The molecule has 0 bridgehead atoms. The number of pyridine rings is 1. The Morgan fingerprint density at radius 2 is 2.27 bits per heavy atom. The van der Waals surface area contributed by atoms with Crippen LogP contribution in [0, 0.1) is 0 Å². The maximum Gasteiger partial charge on any atom is 0.189 e. The molecule has 3 aromatic heterocycles. The molecule has 0 amide bonds. The van der Waals surface area contributed by atoms with Crippen molar-refractivity contribution < 1.29 is 4.52 Å². The van der Waals surface area contributed by atoms with Crippen molar-refractivity contribution in [1.29, 1.82) is 0 Å². The molecular weight excluding hydrogens is 192 g/mol. The lowest BCUT2D eigenvalue weighted by atomic mass is 10.3.